The van der Waals surface area contributed by atoms with Crippen LogP contribution in [0.25, 0.3) is 0 Å². The van der Waals surface area contributed by atoms with Crippen LogP contribution in [0.2, 0.25) is 0 Å². The van der Waals surface area contributed by atoms with Gasteiger partial charge in [-0.05, 0) is 19.1 Å². The Morgan fingerprint density at radius 2 is 2.20 bits per heavy atom. The standard InChI is InChI=1S/C9H8BrClO3S/c1-5-2-6-3-7(10)4-8(9(6)14-5)15(11,12)13/h3-5H,2H2,1H3. The molecule has 1 aromatic carbocycles. The van der Waals surface area contributed by atoms with Crippen molar-refractivity contribution in [3.05, 3.63) is 22.2 Å². The van der Waals surface area contributed by atoms with Gasteiger partial charge >= 0.3 is 0 Å². The number of hydrogen-bond acceptors (Lipinski definition) is 3. The van der Waals surface area contributed by atoms with Gasteiger partial charge in [-0.1, -0.05) is 15.9 Å². The first-order chi connectivity index (χ1) is 6.88. The third-order valence-corrected chi connectivity index (χ3v) is 3.97. The molecule has 0 aliphatic carbocycles. The van der Waals surface area contributed by atoms with Crippen molar-refractivity contribution in [2.45, 2.75) is 24.3 Å². The molecule has 1 aliphatic rings. The molecule has 15 heavy (non-hydrogen) atoms. The van der Waals surface area contributed by atoms with Gasteiger partial charge in [-0.25, -0.2) is 8.42 Å². The van der Waals surface area contributed by atoms with E-state index >= 15 is 0 Å². The molecule has 1 atom stereocenters. The van der Waals surface area contributed by atoms with E-state index in [1.54, 1.807) is 0 Å². The van der Waals surface area contributed by atoms with Crippen LogP contribution >= 0.6 is 26.6 Å². The summed E-state index contributed by atoms with van der Waals surface area (Å²) in [5.74, 6) is 0.390. The molecule has 0 saturated heterocycles. The van der Waals surface area contributed by atoms with Crippen LogP contribution in [0.1, 0.15) is 12.5 Å². The van der Waals surface area contributed by atoms with Crippen LogP contribution in [-0.4, -0.2) is 14.5 Å². The smallest absolute Gasteiger partial charge is 0.265 e. The van der Waals surface area contributed by atoms with Crippen LogP contribution in [0.5, 0.6) is 5.75 Å². The summed E-state index contributed by atoms with van der Waals surface area (Å²) >= 11 is 3.25. The fraction of sp³-hybridized carbons (Fsp3) is 0.333. The Bertz CT molecular complexity index is 512. The zero-order valence-electron chi connectivity index (χ0n) is 7.83. The van der Waals surface area contributed by atoms with E-state index < -0.39 is 9.05 Å². The van der Waals surface area contributed by atoms with Crippen molar-refractivity contribution in [3.63, 3.8) is 0 Å². The molecule has 1 aliphatic heterocycles. The van der Waals surface area contributed by atoms with Crippen LogP contribution in [0.4, 0.5) is 0 Å². The highest BCUT2D eigenvalue weighted by Crippen LogP contribution is 2.39. The highest BCUT2D eigenvalue weighted by molar-refractivity contribution is 9.10. The second-order valence-corrected chi connectivity index (χ2v) is 6.91. The summed E-state index contributed by atoms with van der Waals surface area (Å²) in [6.07, 6.45) is 0.695. The highest BCUT2D eigenvalue weighted by Gasteiger charge is 2.28. The first kappa shape index (κ1) is 11.2. The van der Waals surface area contributed by atoms with Crippen molar-refractivity contribution in [2.75, 3.05) is 0 Å². The van der Waals surface area contributed by atoms with E-state index in [0.29, 0.717) is 16.6 Å². The van der Waals surface area contributed by atoms with E-state index in [9.17, 15) is 8.42 Å². The minimum Gasteiger partial charge on any atom is -0.489 e. The van der Waals surface area contributed by atoms with Gasteiger partial charge in [0, 0.05) is 27.1 Å². The SMILES string of the molecule is CC1Cc2cc(Br)cc(S(=O)(=O)Cl)c2O1. The van der Waals surface area contributed by atoms with E-state index in [1.165, 1.54) is 6.07 Å². The van der Waals surface area contributed by atoms with Gasteiger partial charge in [-0.15, -0.1) is 0 Å². The van der Waals surface area contributed by atoms with E-state index in [0.717, 1.165) is 5.56 Å². The van der Waals surface area contributed by atoms with Crippen LogP contribution in [0, 0.1) is 0 Å². The number of hydrogen-bond donors (Lipinski definition) is 0. The van der Waals surface area contributed by atoms with Gasteiger partial charge in [0.25, 0.3) is 9.05 Å². The third kappa shape index (κ3) is 2.14. The molecule has 1 heterocycles. The number of fused-ring (bicyclic) bond motifs is 1. The van der Waals surface area contributed by atoms with Crippen molar-refractivity contribution >= 4 is 35.7 Å². The lowest BCUT2D eigenvalue weighted by atomic mass is 10.1. The lowest BCUT2D eigenvalue weighted by Gasteiger charge is -2.07. The number of rotatable bonds is 1. The molecule has 0 N–H and O–H groups in total. The van der Waals surface area contributed by atoms with Crippen molar-refractivity contribution in [2.24, 2.45) is 0 Å². The van der Waals surface area contributed by atoms with E-state index in [2.05, 4.69) is 15.9 Å². The maximum absolute atomic E-state index is 11.3. The van der Waals surface area contributed by atoms with Gasteiger partial charge in [0.2, 0.25) is 0 Å². The summed E-state index contributed by atoms with van der Waals surface area (Å²) in [5, 5.41) is 0. The average molecular weight is 312 g/mol. The lowest BCUT2D eigenvalue weighted by Crippen LogP contribution is -2.06. The fourth-order valence-corrected chi connectivity index (χ4v) is 3.31. The molecule has 6 heteroatoms. The maximum Gasteiger partial charge on any atom is 0.265 e. The predicted octanol–water partition coefficient (Wildman–Crippen LogP) is 2.70. The largest absolute Gasteiger partial charge is 0.489 e. The summed E-state index contributed by atoms with van der Waals surface area (Å²) in [6.45, 7) is 1.89. The summed E-state index contributed by atoms with van der Waals surface area (Å²) in [5.41, 5.74) is 0.871. The molecule has 2 rings (SSSR count). The molecular formula is C9H8BrClO3S. The summed E-state index contributed by atoms with van der Waals surface area (Å²) in [6, 6.07) is 3.31. The van der Waals surface area contributed by atoms with Crippen LogP contribution < -0.4 is 4.74 Å². The third-order valence-electron chi connectivity index (χ3n) is 2.19. The molecule has 0 bridgehead atoms. The molecule has 0 fully saturated rings. The molecular weight excluding hydrogens is 304 g/mol. The molecule has 3 nitrogen and oxygen atoms in total. The van der Waals surface area contributed by atoms with Gasteiger partial charge < -0.3 is 4.74 Å². The Hall–Kier alpha value is -0.260. The van der Waals surface area contributed by atoms with Crippen LogP contribution in [-0.2, 0) is 15.5 Å². The molecule has 1 unspecified atom stereocenters. The van der Waals surface area contributed by atoms with E-state index in [1.807, 2.05) is 13.0 Å². The Labute approximate surface area is 101 Å². The monoisotopic (exact) mass is 310 g/mol. The summed E-state index contributed by atoms with van der Waals surface area (Å²) in [7, 11) is 1.58. The molecule has 0 radical (unpaired) electrons. The van der Waals surface area contributed by atoms with Gasteiger partial charge in [0.1, 0.15) is 16.7 Å². The first-order valence-corrected chi connectivity index (χ1v) is 7.42. The Kier molecular flexibility index (Phi) is 2.73. The zero-order valence-corrected chi connectivity index (χ0v) is 11.0. The van der Waals surface area contributed by atoms with Gasteiger partial charge in [0.15, 0.2) is 0 Å². The van der Waals surface area contributed by atoms with E-state index in [-0.39, 0.29) is 11.0 Å². The molecule has 0 amide bonds. The van der Waals surface area contributed by atoms with Gasteiger partial charge in [0.05, 0.1) is 0 Å². The Morgan fingerprint density at radius 3 is 2.80 bits per heavy atom. The van der Waals surface area contributed by atoms with Gasteiger partial charge in [-0.3, -0.25) is 0 Å². The second-order valence-electron chi connectivity index (χ2n) is 3.46. The van der Waals surface area contributed by atoms with Crippen LogP contribution in [0.15, 0.2) is 21.5 Å². The van der Waals surface area contributed by atoms with Gasteiger partial charge in [-0.2, -0.15) is 0 Å². The molecule has 82 valence electrons. The normalized spacial score (nSPS) is 19.8. The predicted molar refractivity (Wildman–Crippen MR) is 61.0 cm³/mol. The van der Waals surface area contributed by atoms with Crippen molar-refractivity contribution < 1.29 is 13.2 Å². The van der Waals surface area contributed by atoms with Crippen molar-refractivity contribution in [1.82, 2.24) is 0 Å². The summed E-state index contributed by atoms with van der Waals surface area (Å²) < 4.78 is 28.8. The molecule has 0 aromatic heterocycles. The van der Waals surface area contributed by atoms with Crippen molar-refractivity contribution in [1.29, 1.82) is 0 Å². The molecule has 0 saturated carbocycles. The minimum atomic E-state index is -3.76. The Morgan fingerprint density at radius 1 is 1.53 bits per heavy atom. The van der Waals surface area contributed by atoms with Crippen molar-refractivity contribution in [3.8, 4) is 5.75 Å². The Balaban J connectivity index is 2.68. The maximum atomic E-state index is 11.3. The quantitative estimate of drug-likeness (QED) is 0.749. The molecule has 1 aromatic rings. The number of halogens is 2. The molecule has 0 spiro atoms. The number of benzene rings is 1. The minimum absolute atomic E-state index is 0.00790. The highest BCUT2D eigenvalue weighted by atomic mass is 79.9. The zero-order chi connectivity index (χ0) is 11.2. The fourth-order valence-electron chi connectivity index (χ4n) is 1.64. The number of ether oxygens (including phenoxy) is 1. The van der Waals surface area contributed by atoms with E-state index in [4.69, 9.17) is 15.4 Å². The van der Waals surface area contributed by atoms with Crippen LogP contribution in [0.3, 0.4) is 0 Å². The lowest BCUT2D eigenvalue weighted by molar-refractivity contribution is 0.249. The summed E-state index contributed by atoms with van der Waals surface area (Å²) in [4.78, 5) is 0.0397. The second kappa shape index (κ2) is 3.64. The average Bonchev–Trinajstić information content (AvgIpc) is 2.41. The first-order valence-electron chi connectivity index (χ1n) is 4.31. The topological polar surface area (TPSA) is 43.4 Å².